The van der Waals surface area contributed by atoms with E-state index >= 15 is 0 Å². The van der Waals surface area contributed by atoms with Gasteiger partial charge >= 0.3 is 5.97 Å². The summed E-state index contributed by atoms with van der Waals surface area (Å²) >= 11 is 0. The van der Waals surface area contributed by atoms with Crippen LogP contribution in [0.4, 0.5) is 0 Å². The summed E-state index contributed by atoms with van der Waals surface area (Å²) in [5.41, 5.74) is 5.00. The topological polar surface area (TPSA) is 104 Å². The van der Waals surface area contributed by atoms with Crippen LogP contribution in [-0.4, -0.2) is 50.5 Å². The van der Waals surface area contributed by atoms with Crippen LogP contribution in [0.5, 0.6) is 0 Å². The number of hydrogen-bond acceptors (Lipinski definition) is 6. The average molecular weight is 436 g/mol. The quantitative estimate of drug-likeness (QED) is 0.576. The number of nitrogens with zero attached hydrogens (tertiary/aromatic N) is 3. The number of nitrogens with one attached hydrogen (secondary N) is 2. The molecule has 3 aromatic heterocycles. The van der Waals surface area contributed by atoms with Crippen molar-refractivity contribution in [1.82, 2.24) is 24.8 Å². The van der Waals surface area contributed by atoms with Crippen molar-refractivity contribution in [3.63, 3.8) is 0 Å². The van der Waals surface area contributed by atoms with Crippen LogP contribution in [0.25, 0.3) is 11.5 Å². The normalized spacial score (nSPS) is 15.1. The van der Waals surface area contributed by atoms with Gasteiger partial charge in [0.15, 0.2) is 5.82 Å². The molecule has 0 aromatic carbocycles. The Labute approximate surface area is 187 Å². The number of aryl methyl sites for hydroxylation is 1. The molecule has 168 valence electrons. The minimum absolute atomic E-state index is 0.150. The molecule has 4 rings (SSSR count). The lowest BCUT2D eigenvalue weighted by molar-refractivity contribution is 0.0519. The number of esters is 1. The SMILES string of the molecule is CCOC(=O)c1[nH]c(C)c(CN2CCC(c3cc(=O)[nH]c(-c4ccccn4)n3)CC2)c1C. The lowest BCUT2D eigenvalue weighted by atomic mass is 9.92. The predicted octanol–water partition coefficient (Wildman–Crippen LogP) is 3.33. The zero-order chi connectivity index (χ0) is 22.7. The summed E-state index contributed by atoms with van der Waals surface area (Å²) in [4.78, 5) is 41.8. The fourth-order valence-corrected chi connectivity index (χ4v) is 4.35. The molecule has 1 fully saturated rings. The first-order valence-corrected chi connectivity index (χ1v) is 11.1. The number of carbonyl (C=O) groups excluding carboxylic acids is 1. The van der Waals surface area contributed by atoms with Gasteiger partial charge in [0.1, 0.15) is 11.4 Å². The fraction of sp³-hybridized carbons (Fsp3) is 0.417. The number of carbonyl (C=O) groups is 1. The Bertz CT molecular complexity index is 1140. The Morgan fingerprint density at radius 3 is 2.69 bits per heavy atom. The number of pyridine rings is 1. The van der Waals surface area contributed by atoms with E-state index in [4.69, 9.17) is 9.72 Å². The van der Waals surface area contributed by atoms with Crippen molar-refractivity contribution in [2.75, 3.05) is 19.7 Å². The summed E-state index contributed by atoms with van der Waals surface area (Å²) < 4.78 is 5.16. The Hall–Kier alpha value is -3.26. The van der Waals surface area contributed by atoms with E-state index in [-0.39, 0.29) is 17.4 Å². The van der Waals surface area contributed by atoms with Gasteiger partial charge in [-0.25, -0.2) is 9.78 Å². The molecule has 3 aromatic rings. The predicted molar refractivity (Wildman–Crippen MR) is 122 cm³/mol. The first-order valence-electron chi connectivity index (χ1n) is 11.1. The Balaban J connectivity index is 1.44. The van der Waals surface area contributed by atoms with Crippen LogP contribution >= 0.6 is 0 Å². The van der Waals surface area contributed by atoms with Gasteiger partial charge in [-0.3, -0.25) is 14.7 Å². The third-order valence-corrected chi connectivity index (χ3v) is 6.13. The lowest BCUT2D eigenvalue weighted by Crippen LogP contribution is -2.33. The minimum atomic E-state index is -0.304. The molecule has 1 aliphatic heterocycles. The summed E-state index contributed by atoms with van der Waals surface area (Å²) in [7, 11) is 0. The van der Waals surface area contributed by atoms with Gasteiger partial charge in [-0.1, -0.05) is 6.07 Å². The first-order chi connectivity index (χ1) is 15.5. The van der Waals surface area contributed by atoms with E-state index < -0.39 is 0 Å². The molecular formula is C24H29N5O3. The van der Waals surface area contributed by atoms with Crippen molar-refractivity contribution in [3.8, 4) is 11.5 Å². The molecule has 0 radical (unpaired) electrons. The maximum Gasteiger partial charge on any atom is 0.355 e. The van der Waals surface area contributed by atoms with Crippen LogP contribution in [0, 0.1) is 13.8 Å². The number of ether oxygens (including phenoxy) is 1. The second-order valence-electron chi connectivity index (χ2n) is 8.23. The van der Waals surface area contributed by atoms with Crippen LogP contribution in [-0.2, 0) is 11.3 Å². The van der Waals surface area contributed by atoms with Crippen LogP contribution in [0.1, 0.15) is 58.7 Å². The molecule has 0 spiro atoms. The highest BCUT2D eigenvalue weighted by Crippen LogP contribution is 2.29. The maximum absolute atomic E-state index is 12.2. The zero-order valence-electron chi connectivity index (χ0n) is 18.8. The van der Waals surface area contributed by atoms with Crippen LogP contribution in [0.15, 0.2) is 35.3 Å². The van der Waals surface area contributed by atoms with Gasteiger partial charge in [0, 0.05) is 30.4 Å². The van der Waals surface area contributed by atoms with Gasteiger partial charge in [0.05, 0.1) is 12.3 Å². The van der Waals surface area contributed by atoms with Crippen LogP contribution in [0.2, 0.25) is 0 Å². The summed E-state index contributed by atoms with van der Waals surface area (Å²) in [6.07, 6.45) is 3.54. The van der Waals surface area contributed by atoms with Crippen LogP contribution < -0.4 is 5.56 Å². The first kappa shape index (κ1) is 22.0. The second-order valence-corrected chi connectivity index (χ2v) is 8.23. The van der Waals surface area contributed by atoms with Gasteiger partial charge in [-0.05, 0) is 70.0 Å². The van der Waals surface area contributed by atoms with Gasteiger partial charge in [-0.15, -0.1) is 0 Å². The third kappa shape index (κ3) is 4.65. The maximum atomic E-state index is 12.2. The van der Waals surface area contributed by atoms with E-state index in [0.717, 1.165) is 55.0 Å². The largest absolute Gasteiger partial charge is 0.461 e. The number of aromatic nitrogens is 4. The highest BCUT2D eigenvalue weighted by molar-refractivity contribution is 5.89. The Kier molecular flexibility index (Phi) is 6.50. The smallest absolute Gasteiger partial charge is 0.355 e. The number of rotatable bonds is 6. The molecule has 8 heteroatoms. The van der Waals surface area contributed by atoms with E-state index in [0.29, 0.717) is 23.8 Å². The van der Waals surface area contributed by atoms with E-state index in [1.54, 1.807) is 12.3 Å². The molecular weight excluding hydrogens is 406 g/mol. The second kappa shape index (κ2) is 9.48. The highest BCUT2D eigenvalue weighted by Gasteiger charge is 2.25. The molecule has 0 aliphatic carbocycles. The number of hydrogen-bond donors (Lipinski definition) is 2. The molecule has 4 heterocycles. The van der Waals surface area contributed by atoms with Gasteiger partial charge < -0.3 is 14.7 Å². The summed E-state index contributed by atoms with van der Waals surface area (Å²) in [5, 5.41) is 0. The summed E-state index contributed by atoms with van der Waals surface area (Å²) in [5.74, 6) is 0.447. The number of H-pyrrole nitrogens is 2. The van der Waals surface area contributed by atoms with Crippen molar-refractivity contribution in [2.24, 2.45) is 0 Å². The summed E-state index contributed by atoms with van der Waals surface area (Å²) in [6, 6.07) is 7.17. The Morgan fingerprint density at radius 2 is 2.00 bits per heavy atom. The number of likely N-dealkylation sites (tertiary alicyclic amines) is 1. The molecule has 0 unspecified atom stereocenters. The summed E-state index contributed by atoms with van der Waals surface area (Å²) in [6.45, 7) is 8.71. The van der Waals surface area contributed by atoms with E-state index in [1.165, 1.54) is 0 Å². The van der Waals surface area contributed by atoms with Crippen molar-refractivity contribution < 1.29 is 9.53 Å². The van der Waals surface area contributed by atoms with Crippen molar-refractivity contribution in [1.29, 1.82) is 0 Å². The van der Waals surface area contributed by atoms with Crippen molar-refractivity contribution >= 4 is 5.97 Å². The fourth-order valence-electron chi connectivity index (χ4n) is 4.35. The molecule has 2 N–H and O–H groups in total. The van der Waals surface area contributed by atoms with E-state index in [9.17, 15) is 9.59 Å². The highest BCUT2D eigenvalue weighted by atomic mass is 16.5. The zero-order valence-corrected chi connectivity index (χ0v) is 18.8. The van der Waals surface area contributed by atoms with Gasteiger partial charge in [0.25, 0.3) is 5.56 Å². The lowest BCUT2D eigenvalue weighted by Gasteiger charge is -2.32. The molecule has 0 atom stereocenters. The third-order valence-electron chi connectivity index (χ3n) is 6.13. The monoisotopic (exact) mass is 435 g/mol. The average Bonchev–Trinajstić information content (AvgIpc) is 3.08. The Morgan fingerprint density at radius 1 is 1.22 bits per heavy atom. The number of piperidine rings is 1. The van der Waals surface area contributed by atoms with Crippen molar-refractivity contribution in [3.05, 3.63) is 69.0 Å². The van der Waals surface area contributed by atoms with Gasteiger partial charge in [0.2, 0.25) is 0 Å². The molecule has 1 saturated heterocycles. The van der Waals surface area contributed by atoms with E-state index in [1.807, 2.05) is 39.0 Å². The molecule has 1 aliphatic rings. The standard InChI is InChI=1S/C24H29N5O3/c1-4-32-24(31)22-15(2)18(16(3)26-22)14-29-11-8-17(9-12-29)20-13-21(30)28-23(27-20)19-7-5-6-10-25-19/h5-7,10,13,17,26H,4,8-9,11-12,14H2,1-3H3,(H,27,28,30). The molecule has 8 nitrogen and oxygen atoms in total. The molecule has 0 bridgehead atoms. The minimum Gasteiger partial charge on any atom is -0.461 e. The molecule has 0 saturated carbocycles. The van der Waals surface area contributed by atoms with Crippen LogP contribution in [0.3, 0.4) is 0 Å². The van der Waals surface area contributed by atoms with E-state index in [2.05, 4.69) is 19.9 Å². The van der Waals surface area contributed by atoms with Gasteiger partial charge in [-0.2, -0.15) is 0 Å². The number of aromatic amines is 2. The molecule has 0 amide bonds. The molecule has 32 heavy (non-hydrogen) atoms. The van der Waals surface area contributed by atoms with Crippen molar-refractivity contribution in [2.45, 2.75) is 46.1 Å².